The zero-order valence-electron chi connectivity index (χ0n) is 8.55. The van der Waals surface area contributed by atoms with Gasteiger partial charge in [-0.2, -0.15) is 11.3 Å². The van der Waals surface area contributed by atoms with Crippen LogP contribution in [0.2, 0.25) is 0 Å². The summed E-state index contributed by atoms with van der Waals surface area (Å²) in [5, 5.41) is 7.59. The Bertz CT molecular complexity index is 264. The van der Waals surface area contributed by atoms with Crippen LogP contribution >= 0.6 is 27.3 Å². The molecule has 1 atom stereocenters. The molecule has 1 N–H and O–H groups in total. The first-order chi connectivity index (χ1) is 6.79. The Labute approximate surface area is 97.8 Å². The fourth-order valence-corrected chi connectivity index (χ4v) is 2.97. The molecule has 0 radical (unpaired) electrons. The molecule has 14 heavy (non-hydrogen) atoms. The van der Waals surface area contributed by atoms with Gasteiger partial charge in [-0.05, 0) is 47.3 Å². The van der Waals surface area contributed by atoms with E-state index in [1.807, 2.05) is 14.0 Å². The predicted molar refractivity (Wildman–Crippen MR) is 64.9 cm³/mol. The van der Waals surface area contributed by atoms with E-state index in [0.717, 1.165) is 19.6 Å². The third kappa shape index (κ3) is 3.35. The van der Waals surface area contributed by atoms with Crippen LogP contribution in [0, 0.1) is 0 Å². The maximum atomic E-state index is 5.35. The summed E-state index contributed by atoms with van der Waals surface area (Å²) in [7, 11) is 1.99. The normalized spacial score (nSPS) is 13.1. The molecule has 1 aromatic rings. The van der Waals surface area contributed by atoms with Gasteiger partial charge in [0.1, 0.15) is 0 Å². The van der Waals surface area contributed by atoms with Gasteiger partial charge in [0.05, 0.1) is 0 Å². The number of halogens is 1. The van der Waals surface area contributed by atoms with Gasteiger partial charge in [0.2, 0.25) is 0 Å². The van der Waals surface area contributed by atoms with Gasteiger partial charge in [0.25, 0.3) is 0 Å². The highest BCUT2D eigenvalue weighted by molar-refractivity contribution is 9.10. The molecule has 1 rings (SSSR count). The lowest BCUT2D eigenvalue weighted by Crippen LogP contribution is -2.18. The summed E-state index contributed by atoms with van der Waals surface area (Å²) in [6.45, 7) is 3.63. The monoisotopic (exact) mass is 277 g/mol. The molecule has 0 aliphatic carbocycles. The number of ether oxygens (including phenoxy) is 1. The molecule has 0 bridgehead atoms. The van der Waals surface area contributed by atoms with E-state index in [4.69, 9.17) is 4.74 Å². The van der Waals surface area contributed by atoms with Crippen LogP contribution in [0.1, 0.15) is 24.9 Å². The highest BCUT2D eigenvalue weighted by atomic mass is 79.9. The van der Waals surface area contributed by atoms with Crippen LogP contribution in [-0.4, -0.2) is 20.3 Å². The second-order valence-corrected chi connectivity index (χ2v) is 4.60. The zero-order valence-corrected chi connectivity index (χ0v) is 11.0. The highest BCUT2D eigenvalue weighted by Crippen LogP contribution is 2.28. The minimum Gasteiger partial charge on any atom is -0.382 e. The first kappa shape index (κ1) is 12.2. The smallest absolute Gasteiger partial charge is 0.0484 e. The molecular formula is C10H16BrNOS. The predicted octanol–water partition coefficient (Wildman–Crippen LogP) is 3.20. The van der Waals surface area contributed by atoms with E-state index in [1.54, 1.807) is 11.3 Å². The zero-order chi connectivity index (χ0) is 10.4. The summed E-state index contributed by atoms with van der Waals surface area (Å²) in [5.41, 5.74) is 1.33. The van der Waals surface area contributed by atoms with Crippen LogP contribution in [0.4, 0.5) is 0 Å². The van der Waals surface area contributed by atoms with E-state index >= 15 is 0 Å². The van der Waals surface area contributed by atoms with Gasteiger partial charge in [-0.1, -0.05) is 0 Å². The fraction of sp³-hybridized carbons (Fsp3) is 0.600. The quantitative estimate of drug-likeness (QED) is 0.807. The third-order valence-electron chi connectivity index (χ3n) is 2.12. The van der Waals surface area contributed by atoms with Crippen molar-refractivity contribution in [3.05, 3.63) is 20.8 Å². The third-order valence-corrected chi connectivity index (χ3v) is 3.87. The van der Waals surface area contributed by atoms with Gasteiger partial charge in [0, 0.05) is 29.1 Å². The van der Waals surface area contributed by atoms with Crippen LogP contribution in [0.25, 0.3) is 0 Å². The van der Waals surface area contributed by atoms with E-state index in [1.165, 1.54) is 10.0 Å². The summed E-state index contributed by atoms with van der Waals surface area (Å²) in [6, 6.07) is 0.391. The van der Waals surface area contributed by atoms with E-state index in [2.05, 4.69) is 32.0 Å². The molecular weight excluding hydrogens is 262 g/mol. The minimum atomic E-state index is 0.391. The molecule has 0 aromatic carbocycles. The average Bonchev–Trinajstić information content (AvgIpc) is 2.60. The Kier molecular flexibility index (Phi) is 5.70. The number of thiophene rings is 1. The summed E-state index contributed by atoms with van der Waals surface area (Å²) in [6.07, 6.45) is 1.01. The van der Waals surface area contributed by atoms with Crippen LogP contribution in [-0.2, 0) is 4.74 Å². The molecule has 0 amide bonds. The summed E-state index contributed by atoms with van der Waals surface area (Å²) in [4.78, 5) is 0. The molecule has 80 valence electrons. The molecule has 0 spiro atoms. The van der Waals surface area contributed by atoms with Crippen molar-refractivity contribution in [3.63, 3.8) is 0 Å². The van der Waals surface area contributed by atoms with Gasteiger partial charge in [-0.3, -0.25) is 0 Å². The molecule has 0 aliphatic heterocycles. The van der Waals surface area contributed by atoms with Gasteiger partial charge in [-0.15, -0.1) is 0 Å². The Morgan fingerprint density at radius 1 is 1.57 bits per heavy atom. The van der Waals surface area contributed by atoms with Crippen LogP contribution in [0.5, 0.6) is 0 Å². The highest BCUT2D eigenvalue weighted by Gasteiger charge is 2.12. The Morgan fingerprint density at radius 2 is 2.36 bits per heavy atom. The minimum absolute atomic E-state index is 0.391. The Hall–Kier alpha value is 0.100. The molecule has 1 heterocycles. The average molecular weight is 278 g/mol. The number of hydrogen-bond donors (Lipinski definition) is 1. The molecule has 0 saturated carbocycles. The fourth-order valence-electron chi connectivity index (χ4n) is 1.34. The molecule has 1 aromatic heterocycles. The maximum Gasteiger partial charge on any atom is 0.0484 e. The van der Waals surface area contributed by atoms with Crippen LogP contribution in [0.15, 0.2) is 15.2 Å². The Balaban J connectivity index is 2.50. The molecule has 2 nitrogen and oxygen atoms in total. The lowest BCUT2D eigenvalue weighted by atomic mass is 10.1. The SMILES string of the molecule is CCOCCC(NC)c1cscc1Br. The first-order valence-electron chi connectivity index (χ1n) is 4.76. The van der Waals surface area contributed by atoms with Crippen molar-refractivity contribution in [2.45, 2.75) is 19.4 Å². The maximum absolute atomic E-state index is 5.35. The van der Waals surface area contributed by atoms with Crippen LogP contribution in [0.3, 0.4) is 0 Å². The van der Waals surface area contributed by atoms with Gasteiger partial charge in [0.15, 0.2) is 0 Å². The van der Waals surface area contributed by atoms with Crippen molar-refractivity contribution in [2.24, 2.45) is 0 Å². The van der Waals surface area contributed by atoms with Gasteiger partial charge >= 0.3 is 0 Å². The topological polar surface area (TPSA) is 21.3 Å². The van der Waals surface area contributed by atoms with Crippen molar-refractivity contribution in [3.8, 4) is 0 Å². The first-order valence-corrected chi connectivity index (χ1v) is 6.49. The van der Waals surface area contributed by atoms with Crippen molar-refractivity contribution in [1.82, 2.24) is 5.32 Å². The Morgan fingerprint density at radius 3 is 2.86 bits per heavy atom. The van der Waals surface area contributed by atoms with Crippen molar-refractivity contribution >= 4 is 27.3 Å². The van der Waals surface area contributed by atoms with E-state index in [0.29, 0.717) is 6.04 Å². The lowest BCUT2D eigenvalue weighted by Gasteiger charge is -2.15. The summed E-state index contributed by atoms with van der Waals surface area (Å²) < 4.78 is 6.54. The van der Waals surface area contributed by atoms with Crippen molar-refractivity contribution in [2.75, 3.05) is 20.3 Å². The van der Waals surface area contributed by atoms with Gasteiger partial charge in [-0.25, -0.2) is 0 Å². The van der Waals surface area contributed by atoms with Crippen molar-refractivity contribution in [1.29, 1.82) is 0 Å². The van der Waals surface area contributed by atoms with Gasteiger partial charge < -0.3 is 10.1 Å². The second kappa shape index (κ2) is 6.56. The lowest BCUT2D eigenvalue weighted by molar-refractivity contribution is 0.137. The number of hydrogen-bond acceptors (Lipinski definition) is 3. The van der Waals surface area contributed by atoms with E-state index in [-0.39, 0.29) is 0 Å². The van der Waals surface area contributed by atoms with Crippen molar-refractivity contribution < 1.29 is 4.74 Å². The molecule has 4 heteroatoms. The van der Waals surface area contributed by atoms with E-state index < -0.39 is 0 Å². The van der Waals surface area contributed by atoms with Crippen LogP contribution < -0.4 is 5.32 Å². The molecule has 1 unspecified atom stereocenters. The largest absolute Gasteiger partial charge is 0.382 e. The van der Waals surface area contributed by atoms with E-state index in [9.17, 15) is 0 Å². The molecule has 0 saturated heterocycles. The molecule has 0 aliphatic rings. The summed E-state index contributed by atoms with van der Waals surface area (Å²) >= 11 is 5.27. The standard InChI is InChI=1S/C10H16BrNOS/c1-3-13-5-4-10(12-2)8-6-14-7-9(8)11/h6-7,10,12H,3-5H2,1-2H3. The second-order valence-electron chi connectivity index (χ2n) is 3.00. The number of rotatable bonds is 6. The molecule has 0 fully saturated rings. The number of nitrogens with one attached hydrogen (secondary N) is 1. The summed E-state index contributed by atoms with van der Waals surface area (Å²) in [5.74, 6) is 0.